The Labute approximate surface area is 125 Å². The van der Waals surface area contributed by atoms with Gasteiger partial charge in [0.2, 0.25) is 0 Å². The molecule has 0 unspecified atom stereocenters. The minimum absolute atomic E-state index is 0.0484. The van der Waals surface area contributed by atoms with Crippen LogP contribution in [-0.4, -0.2) is 29.3 Å². The van der Waals surface area contributed by atoms with E-state index in [0.29, 0.717) is 0 Å². The van der Waals surface area contributed by atoms with E-state index in [0.717, 1.165) is 38.8 Å². The predicted octanol–water partition coefficient (Wildman–Crippen LogP) is 3.73. The lowest BCUT2D eigenvalue weighted by molar-refractivity contribution is -0.130. The second kappa shape index (κ2) is 6.65. The van der Waals surface area contributed by atoms with Crippen LogP contribution in [0.4, 0.5) is 8.78 Å². The van der Waals surface area contributed by atoms with E-state index in [2.05, 4.69) is 4.90 Å². The number of carbonyl (C=O) groups excluding carboxylic acids is 1. The first kappa shape index (κ1) is 16.1. The van der Waals surface area contributed by atoms with E-state index in [-0.39, 0.29) is 17.8 Å². The van der Waals surface area contributed by atoms with Crippen molar-refractivity contribution in [3.05, 3.63) is 35.4 Å². The normalized spacial score (nSPS) is 17.4. The van der Waals surface area contributed by atoms with Crippen LogP contribution in [0.2, 0.25) is 0 Å². The summed E-state index contributed by atoms with van der Waals surface area (Å²) in [6.45, 7) is 5.62. The van der Waals surface area contributed by atoms with Crippen LogP contribution in [0, 0.1) is 11.6 Å². The number of carbonyl (C=O) groups is 1. The van der Waals surface area contributed by atoms with Crippen LogP contribution in [0.25, 0.3) is 0 Å². The van der Waals surface area contributed by atoms with Gasteiger partial charge in [0.1, 0.15) is 11.6 Å². The number of hydrogen-bond donors (Lipinski definition) is 0. The van der Waals surface area contributed by atoms with Crippen molar-refractivity contribution in [2.24, 2.45) is 0 Å². The van der Waals surface area contributed by atoms with Crippen molar-refractivity contribution in [2.45, 2.75) is 51.5 Å². The van der Waals surface area contributed by atoms with E-state index < -0.39 is 17.2 Å². The average Bonchev–Trinajstić information content (AvgIpc) is 2.95. The van der Waals surface area contributed by atoms with Crippen LogP contribution >= 0.6 is 0 Å². The molecule has 1 aliphatic carbocycles. The van der Waals surface area contributed by atoms with Gasteiger partial charge in [0.05, 0.1) is 5.54 Å². The highest BCUT2D eigenvalue weighted by Crippen LogP contribution is 2.37. The quantitative estimate of drug-likeness (QED) is 0.797. The molecule has 1 saturated carbocycles. The number of hydrogen-bond acceptors (Lipinski definition) is 2. The summed E-state index contributed by atoms with van der Waals surface area (Å²) in [6, 6.07) is 3.75. The lowest BCUT2D eigenvalue weighted by atomic mass is 9.86. The Kier molecular flexibility index (Phi) is 5.09. The molecule has 0 bridgehead atoms. The van der Waals surface area contributed by atoms with Gasteiger partial charge in [-0.2, -0.15) is 0 Å². The zero-order valence-corrected chi connectivity index (χ0v) is 12.8. The summed E-state index contributed by atoms with van der Waals surface area (Å²) in [7, 11) is 0. The van der Waals surface area contributed by atoms with Gasteiger partial charge in [-0.1, -0.05) is 32.8 Å². The van der Waals surface area contributed by atoms with Gasteiger partial charge in [-0.05, 0) is 38.1 Å². The molecule has 0 spiro atoms. The van der Waals surface area contributed by atoms with E-state index >= 15 is 0 Å². The number of likely N-dealkylation sites (N-methyl/N-ethyl adjacent to an activating group) is 1. The summed E-state index contributed by atoms with van der Waals surface area (Å²) in [6.07, 6.45) is 3.44. The summed E-state index contributed by atoms with van der Waals surface area (Å²) >= 11 is 0. The van der Waals surface area contributed by atoms with Crippen LogP contribution in [0.15, 0.2) is 18.2 Å². The first-order chi connectivity index (χ1) is 10.0. The molecular weight excluding hydrogens is 272 g/mol. The van der Waals surface area contributed by atoms with Crippen LogP contribution in [0.3, 0.4) is 0 Å². The third kappa shape index (κ3) is 3.00. The Morgan fingerprint density at radius 3 is 2.14 bits per heavy atom. The fraction of sp³-hybridized carbons (Fsp3) is 0.588. The SMILES string of the molecule is CCN(CC)C1(C(=O)Cc2c(F)cccc2F)CCCC1. The number of rotatable bonds is 6. The molecule has 2 rings (SSSR count). The average molecular weight is 295 g/mol. The van der Waals surface area contributed by atoms with Crippen molar-refractivity contribution in [3.8, 4) is 0 Å². The first-order valence-electron chi connectivity index (χ1n) is 7.76. The monoisotopic (exact) mass is 295 g/mol. The number of nitrogens with zero attached hydrogens (tertiary/aromatic N) is 1. The zero-order chi connectivity index (χ0) is 15.5. The van der Waals surface area contributed by atoms with E-state index in [1.54, 1.807) is 0 Å². The maximum absolute atomic E-state index is 13.8. The minimum Gasteiger partial charge on any atom is -0.297 e. The Hall–Kier alpha value is -1.29. The maximum atomic E-state index is 13.8. The number of ketones is 1. The molecule has 1 aliphatic rings. The van der Waals surface area contributed by atoms with Crippen LogP contribution in [0.1, 0.15) is 45.1 Å². The third-order valence-electron chi connectivity index (χ3n) is 4.72. The molecule has 0 aliphatic heterocycles. The highest BCUT2D eigenvalue weighted by Gasteiger charge is 2.44. The highest BCUT2D eigenvalue weighted by molar-refractivity contribution is 5.90. The van der Waals surface area contributed by atoms with Gasteiger partial charge in [-0.25, -0.2) is 8.78 Å². The van der Waals surface area contributed by atoms with E-state index in [1.165, 1.54) is 18.2 Å². The van der Waals surface area contributed by atoms with Gasteiger partial charge in [0.25, 0.3) is 0 Å². The highest BCUT2D eigenvalue weighted by atomic mass is 19.1. The summed E-state index contributed by atoms with van der Waals surface area (Å²) in [4.78, 5) is 15.0. The van der Waals surface area contributed by atoms with Crippen molar-refractivity contribution in [1.29, 1.82) is 0 Å². The van der Waals surface area contributed by atoms with Gasteiger partial charge in [0, 0.05) is 12.0 Å². The summed E-state index contributed by atoms with van der Waals surface area (Å²) in [5, 5.41) is 0. The molecule has 0 N–H and O–H groups in total. The topological polar surface area (TPSA) is 20.3 Å². The standard InChI is InChI=1S/C17H23F2NO/c1-3-20(4-2)17(10-5-6-11-17)16(21)12-13-14(18)8-7-9-15(13)19/h7-9H,3-6,10-12H2,1-2H3. The van der Waals surface area contributed by atoms with Crippen LogP contribution in [0.5, 0.6) is 0 Å². The second-order valence-electron chi connectivity index (χ2n) is 5.71. The van der Waals surface area contributed by atoms with Gasteiger partial charge in [-0.15, -0.1) is 0 Å². The van der Waals surface area contributed by atoms with Gasteiger partial charge in [-0.3, -0.25) is 9.69 Å². The molecule has 1 aromatic carbocycles. The van der Waals surface area contributed by atoms with Gasteiger partial charge in [0.15, 0.2) is 5.78 Å². The largest absolute Gasteiger partial charge is 0.297 e. The first-order valence-corrected chi connectivity index (χ1v) is 7.76. The lowest BCUT2D eigenvalue weighted by Crippen LogP contribution is -2.53. The minimum atomic E-state index is -0.629. The van der Waals surface area contributed by atoms with Crippen molar-refractivity contribution in [2.75, 3.05) is 13.1 Å². The Bertz CT molecular complexity index is 485. The molecule has 4 heteroatoms. The van der Waals surface area contributed by atoms with Gasteiger partial charge >= 0.3 is 0 Å². The lowest BCUT2D eigenvalue weighted by Gasteiger charge is -2.39. The molecule has 0 saturated heterocycles. The summed E-state index contributed by atoms with van der Waals surface area (Å²) < 4.78 is 27.6. The molecule has 0 amide bonds. The molecule has 0 heterocycles. The molecule has 116 valence electrons. The third-order valence-corrected chi connectivity index (χ3v) is 4.72. The fourth-order valence-corrected chi connectivity index (χ4v) is 3.59. The van der Waals surface area contributed by atoms with E-state index in [9.17, 15) is 13.6 Å². The smallest absolute Gasteiger partial charge is 0.157 e. The number of benzene rings is 1. The molecule has 2 nitrogen and oxygen atoms in total. The summed E-state index contributed by atoms with van der Waals surface area (Å²) in [5.41, 5.74) is -0.626. The van der Waals surface area contributed by atoms with Crippen molar-refractivity contribution >= 4 is 5.78 Å². The summed E-state index contributed by atoms with van der Waals surface area (Å²) in [5.74, 6) is -1.31. The number of Topliss-reactive ketones (excluding diaryl/α,β-unsaturated/α-hetero) is 1. The molecule has 0 atom stereocenters. The predicted molar refractivity (Wildman–Crippen MR) is 79.2 cm³/mol. The van der Waals surface area contributed by atoms with Crippen LogP contribution < -0.4 is 0 Å². The van der Waals surface area contributed by atoms with Crippen molar-refractivity contribution in [1.82, 2.24) is 4.90 Å². The van der Waals surface area contributed by atoms with Crippen molar-refractivity contribution < 1.29 is 13.6 Å². The van der Waals surface area contributed by atoms with E-state index in [4.69, 9.17) is 0 Å². The number of halogens is 2. The molecule has 0 aromatic heterocycles. The fourth-order valence-electron chi connectivity index (χ4n) is 3.59. The molecule has 0 radical (unpaired) electrons. The Morgan fingerprint density at radius 2 is 1.67 bits per heavy atom. The molecular formula is C17H23F2NO. The van der Waals surface area contributed by atoms with Crippen molar-refractivity contribution in [3.63, 3.8) is 0 Å². The molecule has 1 aromatic rings. The Balaban J connectivity index is 2.28. The molecule has 21 heavy (non-hydrogen) atoms. The second-order valence-corrected chi connectivity index (χ2v) is 5.71. The van der Waals surface area contributed by atoms with Gasteiger partial charge < -0.3 is 0 Å². The van der Waals surface area contributed by atoms with Crippen LogP contribution in [-0.2, 0) is 11.2 Å². The van der Waals surface area contributed by atoms with E-state index in [1.807, 2.05) is 13.8 Å². The molecule has 1 fully saturated rings. The maximum Gasteiger partial charge on any atom is 0.157 e. The Morgan fingerprint density at radius 1 is 1.14 bits per heavy atom. The zero-order valence-electron chi connectivity index (χ0n) is 12.8.